The summed E-state index contributed by atoms with van der Waals surface area (Å²) in [7, 11) is 0. The quantitative estimate of drug-likeness (QED) is 0.800. The fraction of sp³-hybridized carbons (Fsp3) is 0.471. The van der Waals surface area contributed by atoms with Gasteiger partial charge in [-0.15, -0.1) is 0 Å². The Morgan fingerprint density at radius 3 is 2.77 bits per heavy atom. The summed E-state index contributed by atoms with van der Waals surface area (Å²) in [4.78, 5) is 14.8. The van der Waals surface area contributed by atoms with Crippen LogP contribution in [0.3, 0.4) is 0 Å². The number of rotatable bonds is 1. The smallest absolute Gasteiger partial charge is 0.251 e. The fourth-order valence-corrected chi connectivity index (χ4v) is 3.71. The minimum atomic E-state index is -0.410. The summed E-state index contributed by atoms with van der Waals surface area (Å²) in [6.45, 7) is 6.49. The van der Waals surface area contributed by atoms with E-state index < -0.39 is 6.04 Å². The van der Waals surface area contributed by atoms with Gasteiger partial charge in [-0.1, -0.05) is 36.1 Å². The predicted molar refractivity (Wildman–Crippen MR) is 84.0 cm³/mol. The Morgan fingerprint density at radius 1 is 1.18 bits per heavy atom. The van der Waals surface area contributed by atoms with Gasteiger partial charge in [-0.25, -0.2) is 0 Å². The number of carbonyl (C=O) groups is 1. The summed E-state index contributed by atoms with van der Waals surface area (Å²) in [5, 5.41) is 10.5. The molecule has 1 aromatic rings. The van der Waals surface area contributed by atoms with Crippen molar-refractivity contribution >= 4 is 11.5 Å². The Bertz CT molecular complexity index is 648. The number of piperidine rings is 1. The lowest BCUT2D eigenvalue weighted by molar-refractivity contribution is -0.134. The minimum absolute atomic E-state index is 0.0730. The van der Waals surface area contributed by atoms with E-state index in [2.05, 4.69) is 29.0 Å². The summed E-state index contributed by atoms with van der Waals surface area (Å²) in [6.07, 6.45) is 3.41. The molecule has 0 radical (unpaired) electrons. The van der Waals surface area contributed by atoms with Crippen molar-refractivity contribution in [3.63, 3.8) is 0 Å². The maximum atomic E-state index is 12.9. The van der Waals surface area contributed by atoms with Gasteiger partial charge in [0.2, 0.25) is 0 Å². The van der Waals surface area contributed by atoms with Crippen LogP contribution in [-0.2, 0) is 4.79 Å². The highest BCUT2D eigenvalue weighted by molar-refractivity contribution is 5.84. The molecule has 0 saturated carbocycles. The zero-order valence-electron chi connectivity index (χ0n) is 12.6. The van der Waals surface area contributed by atoms with Crippen molar-refractivity contribution in [2.45, 2.75) is 31.3 Å². The Kier molecular flexibility index (Phi) is 3.21. The number of fused-ring (bicyclic) bond motifs is 3. The Labute approximate surface area is 130 Å². The molecule has 0 aliphatic carbocycles. The summed E-state index contributed by atoms with van der Waals surface area (Å²) in [6, 6.07) is 7.70. The molecule has 1 amide bonds. The molecule has 0 unspecified atom stereocenters. The predicted octanol–water partition coefficient (Wildman–Crippen LogP) is 2.82. The van der Waals surface area contributed by atoms with Crippen LogP contribution in [-0.4, -0.2) is 41.5 Å². The van der Waals surface area contributed by atoms with E-state index in [9.17, 15) is 4.79 Å². The van der Waals surface area contributed by atoms with Crippen LogP contribution in [0.5, 0.6) is 0 Å². The second-order valence-corrected chi connectivity index (χ2v) is 6.27. The van der Waals surface area contributed by atoms with Crippen LogP contribution in [0.2, 0.25) is 0 Å². The third kappa shape index (κ3) is 2.03. The number of benzene rings is 1. The highest BCUT2D eigenvalue weighted by Gasteiger charge is 2.44. The topological polar surface area (TPSA) is 48.3 Å². The first-order valence-corrected chi connectivity index (χ1v) is 7.99. The molecule has 3 aliphatic heterocycles. The molecule has 3 aliphatic rings. The molecule has 0 bridgehead atoms. The van der Waals surface area contributed by atoms with Crippen molar-refractivity contribution in [3.8, 4) is 0 Å². The zero-order valence-corrected chi connectivity index (χ0v) is 12.6. The van der Waals surface area contributed by atoms with E-state index in [-0.39, 0.29) is 11.9 Å². The third-order valence-corrected chi connectivity index (χ3v) is 4.85. The Morgan fingerprint density at radius 2 is 1.95 bits per heavy atom. The largest absolute Gasteiger partial charge is 0.341 e. The zero-order chi connectivity index (χ0) is 15.1. The first-order chi connectivity index (χ1) is 10.8. The van der Waals surface area contributed by atoms with E-state index in [1.54, 1.807) is 0 Å². The van der Waals surface area contributed by atoms with E-state index in [0.29, 0.717) is 6.54 Å². The van der Waals surface area contributed by atoms with Crippen LogP contribution in [0.4, 0.5) is 0 Å². The van der Waals surface area contributed by atoms with Gasteiger partial charge in [-0.2, -0.15) is 5.11 Å². The third-order valence-electron chi connectivity index (χ3n) is 4.85. The molecule has 2 atom stereocenters. The molecule has 0 N–H and O–H groups in total. The van der Waals surface area contributed by atoms with Crippen LogP contribution in [0.1, 0.15) is 36.4 Å². The molecule has 0 spiro atoms. The molecule has 1 aromatic carbocycles. The second-order valence-electron chi connectivity index (χ2n) is 6.27. The lowest BCUT2D eigenvalue weighted by Crippen LogP contribution is -2.45. The van der Waals surface area contributed by atoms with Gasteiger partial charge in [-0.05, 0) is 36.0 Å². The Balaban J connectivity index is 1.66. The number of likely N-dealkylation sites (tertiary alicyclic amines) is 1. The number of hydrogen-bond acceptors (Lipinski definition) is 4. The summed E-state index contributed by atoms with van der Waals surface area (Å²) in [5.74, 6) is 0.123. The lowest BCUT2D eigenvalue weighted by atomic mass is 9.87. The summed E-state index contributed by atoms with van der Waals surface area (Å²) in [5.41, 5.74) is 3.31. The van der Waals surface area contributed by atoms with E-state index in [1.165, 1.54) is 6.42 Å². The van der Waals surface area contributed by atoms with Crippen LogP contribution in [0.15, 0.2) is 41.2 Å². The average molecular weight is 296 g/mol. The monoisotopic (exact) mass is 296 g/mol. The highest BCUT2D eigenvalue weighted by atomic mass is 16.2. The number of amides is 1. The van der Waals surface area contributed by atoms with Crippen molar-refractivity contribution in [3.05, 3.63) is 42.0 Å². The molecule has 1 fully saturated rings. The molecule has 4 rings (SSSR count). The molecule has 114 valence electrons. The van der Waals surface area contributed by atoms with E-state index in [1.807, 2.05) is 22.0 Å². The SMILES string of the molecule is C=C1CN2N=N[C@@H](C(=O)N3CCCCC3)[C@@H]2c2ccccc21. The van der Waals surface area contributed by atoms with Crippen molar-refractivity contribution in [1.82, 2.24) is 9.91 Å². The van der Waals surface area contributed by atoms with Gasteiger partial charge in [0.15, 0.2) is 6.04 Å². The fourth-order valence-electron chi connectivity index (χ4n) is 3.71. The molecule has 22 heavy (non-hydrogen) atoms. The Hall–Kier alpha value is -2.17. The van der Waals surface area contributed by atoms with Crippen molar-refractivity contribution in [2.75, 3.05) is 19.6 Å². The first-order valence-electron chi connectivity index (χ1n) is 7.99. The molecule has 3 heterocycles. The van der Waals surface area contributed by atoms with Crippen molar-refractivity contribution < 1.29 is 4.79 Å². The number of carbonyl (C=O) groups excluding carboxylic acids is 1. The van der Waals surface area contributed by atoms with Gasteiger partial charge >= 0.3 is 0 Å². The van der Waals surface area contributed by atoms with E-state index in [0.717, 1.165) is 42.6 Å². The van der Waals surface area contributed by atoms with Crippen LogP contribution >= 0.6 is 0 Å². The highest BCUT2D eigenvalue weighted by Crippen LogP contribution is 2.41. The van der Waals surface area contributed by atoms with Gasteiger partial charge in [-0.3, -0.25) is 9.80 Å². The second kappa shape index (κ2) is 5.23. The standard InChI is InChI=1S/C17H20N4O/c1-12-11-21-16(14-8-4-3-7-13(12)14)15(18-19-21)17(22)20-9-5-2-6-10-20/h3-4,7-8,15-16H,1-2,5-6,9-11H2/t15-,16+/m1/s1. The molecular weight excluding hydrogens is 276 g/mol. The summed E-state index contributed by atoms with van der Waals surface area (Å²) >= 11 is 0. The number of hydrogen-bond donors (Lipinski definition) is 0. The normalized spacial score (nSPS) is 26.8. The van der Waals surface area contributed by atoms with Crippen LogP contribution < -0.4 is 0 Å². The number of nitrogens with zero attached hydrogens (tertiary/aromatic N) is 4. The minimum Gasteiger partial charge on any atom is -0.341 e. The van der Waals surface area contributed by atoms with Gasteiger partial charge in [0.1, 0.15) is 6.04 Å². The van der Waals surface area contributed by atoms with Crippen molar-refractivity contribution in [2.24, 2.45) is 10.3 Å². The van der Waals surface area contributed by atoms with Gasteiger partial charge in [0.25, 0.3) is 5.91 Å². The maximum Gasteiger partial charge on any atom is 0.251 e. The van der Waals surface area contributed by atoms with Gasteiger partial charge < -0.3 is 4.90 Å². The molecule has 0 aromatic heterocycles. The average Bonchev–Trinajstić information content (AvgIpc) is 2.99. The van der Waals surface area contributed by atoms with E-state index in [4.69, 9.17) is 0 Å². The summed E-state index contributed by atoms with van der Waals surface area (Å²) < 4.78 is 0. The molecule has 1 saturated heterocycles. The van der Waals surface area contributed by atoms with E-state index >= 15 is 0 Å². The maximum absolute atomic E-state index is 12.9. The first kappa shape index (κ1) is 13.5. The van der Waals surface area contributed by atoms with Crippen molar-refractivity contribution in [1.29, 1.82) is 0 Å². The van der Waals surface area contributed by atoms with Gasteiger partial charge in [0.05, 0.1) is 6.54 Å². The van der Waals surface area contributed by atoms with Crippen LogP contribution in [0.25, 0.3) is 5.57 Å². The molecule has 5 heteroatoms. The lowest BCUT2D eigenvalue weighted by Gasteiger charge is -2.35. The molecule has 5 nitrogen and oxygen atoms in total. The van der Waals surface area contributed by atoms with Gasteiger partial charge in [0, 0.05) is 13.1 Å². The van der Waals surface area contributed by atoms with Crippen LogP contribution in [0, 0.1) is 0 Å². The molecular formula is C17H20N4O.